The van der Waals surface area contributed by atoms with Gasteiger partial charge in [0.15, 0.2) is 9.84 Å². The van der Waals surface area contributed by atoms with Crippen LogP contribution in [0, 0.1) is 12.7 Å². The second-order valence-electron chi connectivity index (χ2n) is 5.71. The summed E-state index contributed by atoms with van der Waals surface area (Å²) in [6.45, 7) is 2.17. The molecule has 2 aromatic rings. The number of sulfone groups is 1. The third-order valence-corrected chi connectivity index (χ3v) is 7.00. The number of rotatable bonds is 2. The fourth-order valence-electron chi connectivity index (χ4n) is 2.86. The van der Waals surface area contributed by atoms with Crippen molar-refractivity contribution < 1.29 is 17.6 Å². The molecule has 2 heterocycles. The van der Waals surface area contributed by atoms with Gasteiger partial charge in [-0.15, -0.1) is 11.3 Å². The highest BCUT2D eigenvalue weighted by molar-refractivity contribution is 7.91. The van der Waals surface area contributed by atoms with Crippen molar-refractivity contribution in [2.24, 2.45) is 0 Å². The van der Waals surface area contributed by atoms with Crippen molar-refractivity contribution in [2.45, 2.75) is 18.6 Å². The van der Waals surface area contributed by atoms with Crippen LogP contribution < -0.4 is 0 Å². The van der Waals surface area contributed by atoms with E-state index < -0.39 is 20.9 Å². The number of hydrogen-bond donors (Lipinski definition) is 0. The van der Waals surface area contributed by atoms with Crippen LogP contribution in [0.1, 0.15) is 32.7 Å². The first kappa shape index (κ1) is 17.0. The van der Waals surface area contributed by atoms with E-state index in [0.717, 1.165) is 5.01 Å². The maximum absolute atomic E-state index is 14.0. The number of carbonyl (C=O) groups is 1. The van der Waals surface area contributed by atoms with E-state index in [-0.39, 0.29) is 36.7 Å². The lowest BCUT2D eigenvalue weighted by Gasteiger charge is -2.19. The molecule has 1 unspecified atom stereocenters. The van der Waals surface area contributed by atoms with Gasteiger partial charge < -0.3 is 4.90 Å². The Morgan fingerprint density at radius 3 is 2.75 bits per heavy atom. The van der Waals surface area contributed by atoms with Crippen LogP contribution in [0.2, 0.25) is 0 Å². The SMILES string of the molecule is Cc1nc(C(=O)N2CCC(c3ccccc3F)S(=O)(=O)CC2)cs1. The summed E-state index contributed by atoms with van der Waals surface area (Å²) in [7, 11) is -3.53. The predicted molar refractivity (Wildman–Crippen MR) is 90.3 cm³/mol. The summed E-state index contributed by atoms with van der Waals surface area (Å²) in [4.78, 5) is 18.1. The minimum atomic E-state index is -3.53. The van der Waals surface area contributed by atoms with Crippen LogP contribution in [0.4, 0.5) is 4.39 Å². The number of thiazole rings is 1. The van der Waals surface area contributed by atoms with Crippen LogP contribution in [0.5, 0.6) is 0 Å². The third-order valence-electron chi connectivity index (χ3n) is 4.12. The lowest BCUT2D eigenvalue weighted by atomic mass is 10.1. The first-order chi connectivity index (χ1) is 11.4. The van der Waals surface area contributed by atoms with Gasteiger partial charge in [-0.3, -0.25) is 4.79 Å². The predicted octanol–water partition coefficient (Wildman–Crippen LogP) is 2.59. The molecule has 1 amide bonds. The summed E-state index contributed by atoms with van der Waals surface area (Å²) < 4.78 is 39.1. The molecule has 1 atom stereocenters. The molecule has 3 rings (SSSR count). The van der Waals surface area contributed by atoms with Crippen molar-refractivity contribution in [3.05, 3.63) is 51.7 Å². The Hall–Kier alpha value is -1.80. The van der Waals surface area contributed by atoms with Gasteiger partial charge in [0.05, 0.1) is 16.0 Å². The van der Waals surface area contributed by atoms with E-state index in [1.54, 1.807) is 11.4 Å². The number of aromatic nitrogens is 1. The Morgan fingerprint density at radius 2 is 2.08 bits per heavy atom. The van der Waals surface area contributed by atoms with Gasteiger partial charge in [-0.05, 0) is 19.4 Å². The summed E-state index contributed by atoms with van der Waals surface area (Å²) in [5.74, 6) is -0.981. The summed E-state index contributed by atoms with van der Waals surface area (Å²) in [6, 6.07) is 5.91. The van der Waals surface area contributed by atoms with Crippen molar-refractivity contribution >= 4 is 27.1 Å². The van der Waals surface area contributed by atoms with Gasteiger partial charge in [0.2, 0.25) is 0 Å². The van der Waals surface area contributed by atoms with Crippen molar-refractivity contribution in [1.29, 1.82) is 0 Å². The molecule has 1 aliphatic rings. The van der Waals surface area contributed by atoms with Crippen LogP contribution in [0.15, 0.2) is 29.6 Å². The normalized spacial score (nSPS) is 20.6. The van der Waals surface area contributed by atoms with E-state index >= 15 is 0 Å². The highest BCUT2D eigenvalue weighted by atomic mass is 32.2. The van der Waals surface area contributed by atoms with Crippen LogP contribution in [0.25, 0.3) is 0 Å². The van der Waals surface area contributed by atoms with Gasteiger partial charge in [-0.2, -0.15) is 0 Å². The topological polar surface area (TPSA) is 67.3 Å². The molecular weight excluding hydrogens is 351 g/mol. The molecular formula is C16H17FN2O3S2. The molecule has 0 aliphatic carbocycles. The number of nitrogens with zero attached hydrogens (tertiary/aromatic N) is 2. The van der Waals surface area contributed by atoms with E-state index in [0.29, 0.717) is 5.69 Å². The van der Waals surface area contributed by atoms with Crippen LogP contribution in [0.3, 0.4) is 0 Å². The molecule has 0 spiro atoms. The van der Waals surface area contributed by atoms with Gasteiger partial charge in [0.25, 0.3) is 5.91 Å². The lowest BCUT2D eigenvalue weighted by molar-refractivity contribution is 0.0761. The van der Waals surface area contributed by atoms with E-state index in [1.807, 2.05) is 6.92 Å². The van der Waals surface area contributed by atoms with E-state index in [1.165, 1.54) is 34.4 Å². The molecule has 1 fully saturated rings. The summed E-state index contributed by atoms with van der Waals surface area (Å²) in [5, 5.41) is 1.53. The standard InChI is InChI=1S/C16H17FN2O3S2/c1-11-18-14(10-23-11)16(20)19-7-6-15(24(21,22)9-8-19)12-4-2-3-5-13(12)17/h2-5,10,15H,6-9H2,1H3. The summed E-state index contributed by atoms with van der Waals surface area (Å²) in [5.41, 5.74) is 0.510. The molecule has 24 heavy (non-hydrogen) atoms. The van der Waals surface area contributed by atoms with Gasteiger partial charge in [0, 0.05) is 24.0 Å². The summed E-state index contributed by atoms with van der Waals surface area (Å²) >= 11 is 1.37. The zero-order chi connectivity index (χ0) is 17.3. The van der Waals surface area contributed by atoms with Gasteiger partial charge in [-0.1, -0.05) is 18.2 Å². The fourth-order valence-corrected chi connectivity index (χ4v) is 5.24. The minimum Gasteiger partial charge on any atom is -0.336 e. The molecule has 128 valence electrons. The lowest BCUT2D eigenvalue weighted by Crippen LogP contribution is -2.33. The second-order valence-corrected chi connectivity index (χ2v) is 9.08. The van der Waals surface area contributed by atoms with E-state index in [2.05, 4.69) is 4.98 Å². The van der Waals surface area contributed by atoms with Crippen LogP contribution >= 0.6 is 11.3 Å². The molecule has 0 N–H and O–H groups in total. The Labute approximate surface area is 144 Å². The van der Waals surface area contributed by atoms with E-state index in [9.17, 15) is 17.6 Å². The number of aryl methyl sites for hydroxylation is 1. The zero-order valence-corrected chi connectivity index (χ0v) is 14.7. The molecule has 0 saturated carbocycles. The highest BCUT2D eigenvalue weighted by Crippen LogP contribution is 2.31. The first-order valence-corrected chi connectivity index (χ1v) is 10.2. The molecule has 8 heteroatoms. The first-order valence-electron chi connectivity index (χ1n) is 7.56. The average molecular weight is 368 g/mol. The highest BCUT2D eigenvalue weighted by Gasteiger charge is 2.34. The summed E-state index contributed by atoms with van der Waals surface area (Å²) in [6.07, 6.45) is 0.179. The molecule has 1 aliphatic heterocycles. The third kappa shape index (κ3) is 3.34. The van der Waals surface area contributed by atoms with Gasteiger partial charge >= 0.3 is 0 Å². The monoisotopic (exact) mass is 368 g/mol. The molecule has 0 bridgehead atoms. The van der Waals surface area contributed by atoms with Gasteiger partial charge in [0.1, 0.15) is 11.5 Å². The second kappa shape index (κ2) is 6.60. The fraction of sp³-hybridized carbons (Fsp3) is 0.375. The number of benzene rings is 1. The molecule has 1 saturated heterocycles. The number of halogens is 1. The quantitative estimate of drug-likeness (QED) is 0.817. The van der Waals surface area contributed by atoms with Gasteiger partial charge in [-0.25, -0.2) is 17.8 Å². The van der Waals surface area contributed by atoms with Crippen molar-refractivity contribution in [1.82, 2.24) is 9.88 Å². The van der Waals surface area contributed by atoms with Crippen LogP contribution in [-0.4, -0.2) is 43.1 Å². The number of carbonyl (C=O) groups excluding carboxylic acids is 1. The molecule has 0 radical (unpaired) electrons. The number of amides is 1. The van der Waals surface area contributed by atoms with Crippen LogP contribution in [-0.2, 0) is 9.84 Å². The van der Waals surface area contributed by atoms with Crippen molar-refractivity contribution in [3.8, 4) is 0 Å². The van der Waals surface area contributed by atoms with E-state index in [4.69, 9.17) is 0 Å². The van der Waals surface area contributed by atoms with Crippen molar-refractivity contribution in [2.75, 3.05) is 18.8 Å². The minimum absolute atomic E-state index is 0.0999. The maximum Gasteiger partial charge on any atom is 0.273 e. The number of hydrogen-bond acceptors (Lipinski definition) is 5. The largest absolute Gasteiger partial charge is 0.336 e. The average Bonchev–Trinajstić information content (AvgIpc) is 2.90. The maximum atomic E-state index is 14.0. The Balaban J connectivity index is 1.85. The van der Waals surface area contributed by atoms with Crippen molar-refractivity contribution in [3.63, 3.8) is 0 Å². The molecule has 5 nitrogen and oxygen atoms in total. The Bertz CT molecular complexity index is 864. The smallest absolute Gasteiger partial charge is 0.273 e. The zero-order valence-electron chi connectivity index (χ0n) is 13.1. The molecule has 1 aromatic carbocycles. The Kier molecular flexibility index (Phi) is 4.69. The Morgan fingerprint density at radius 1 is 1.33 bits per heavy atom. The molecule has 1 aromatic heterocycles.